The normalized spacial score (nSPS) is 19.1. The summed E-state index contributed by atoms with van der Waals surface area (Å²) in [5.41, 5.74) is 2.07. The van der Waals surface area contributed by atoms with Crippen LogP contribution in [0, 0.1) is 6.92 Å². The quantitative estimate of drug-likeness (QED) is 0.815. The van der Waals surface area contributed by atoms with Crippen LogP contribution in [0.25, 0.3) is 0 Å². The predicted octanol–water partition coefficient (Wildman–Crippen LogP) is 1.70. The zero-order chi connectivity index (χ0) is 13.0. The van der Waals surface area contributed by atoms with Gasteiger partial charge in [-0.3, -0.25) is 19.8 Å². The lowest BCUT2D eigenvalue weighted by atomic mass is 10.3. The van der Waals surface area contributed by atoms with Crippen LogP contribution >= 0.6 is 0 Å². The minimum atomic E-state index is 0.657. The van der Waals surface area contributed by atoms with Gasteiger partial charge in [0.2, 0.25) is 0 Å². The molecular formula is C14H24N4. The molecule has 100 valence electrons. The largest absolute Gasteiger partial charge is 0.300 e. The highest BCUT2D eigenvalue weighted by atomic mass is 15.2. The summed E-state index contributed by atoms with van der Waals surface area (Å²) in [6, 6.07) is 0.657. The van der Waals surface area contributed by atoms with Crippen LogP contribution in [0.3, 0.4) is 0 Å². The van der Waals surface area contributed by atoms with Crippen molar-refractivity contribution in [2.75, 3.05) is 26.2 Å². The highest BCUT2D eigenvalue weighted by Crippen LogP contribution is 2.09. The van der Waals surface area contributed by atoms with Crippen LogP contribution in [0.15, 0.2) is 12.4 Å². The average Bonchev–Trinajstić information content (AvgIpc) is 2.58. The van der Waals surface area contributed by atoms with Crippen molar-refractivity contribution < 1.29 is 0 Å². The Balaban J connectivity index is 1.88. The Morgan fingerprint density at radius 2 is 1.94 bits per heavy atom. The van der Waals surface area contributed by atoms with E-state index in [1.54, 1.807) is 0 Å². The number of aromatic nitrogens is 2. The molecule has 0 N–H and O–H groups in total. The van der Waals surface area contributed by atoms with Gasteiger partial charge in [-0.2, -0.15) is 0 Å². The van der Waals surface area contributed by atoms with Crippen LogP contribution < -0.4 is 0 Å². The van der Waals surface area contributed by atoms with E-state index >= 15 is 0 Å². The molecule has 1 aromatic rings. The first-order valence-electron chi connectivity index (χ1n) is 6.89. The number of nitrogens with zero attached hydrogens (tertiary/aromatic N) is 4. The van der Waals surface area contributed by atoms with Gasteiger partial charge in [0.1, 0.15) is 0 Å². The van der Waals surface area contributed by atoms with Crippen LogP contribution in [0.4, 0.5) is 0 Å². The van der Waals surface area contributed by atoms with Gasteiger partial charge >= 0.3 is 0 Å². The zero-order valence-electron chi connectivity index (χ0n) is 11.8. The van der Waals surface area contributed by atoms with E-state index in [2.05, 4.69) is 33.6 Å². The maximum Gasteiger partial charge on any atom is 0.0727 e. The fourth-order valence-corrected chi connectivity index (χ4v) is 2.40. The van der Waals surface area contributed by atoms with E-state index in [9.17, 15) is 0 Å². The van der Waals surface area contributed by atoms with Gasteiger partial charge in [-0.25, -0.2) is 0 Å². The van der Waals surface area contributed by atoms with Gasteiger partial charge in [0.15, 0.2) is 0 Å². The summed E-state index contributed by atoms with van der Waals surface area (Å²) in [5.74, 6) is 0. The highest BCUT2D eigenvalue weighted by Gasteiger charge is 2.16. The van der Waals surface area contributed by atoms with Crippen LogP contribution in [0.5, 0.6) is 0 Å². The molecule has 0 atom stereocenters. The van der Waals surface area contributed by atoms with Crippen molar-refractivity contribution in [3.63, 3.8) is 0 Å². The van der Waals surface area contributed by atoms with Crippen molar-refractivity contribution in [1.29, 1.82) is 0 Å². The molecule has 0 aromatic carbocycles. The van der Waals surface area contributed by atoms with Crippen molar-refractivity contribution in [3.8, 4) is 0 Å². The molecule has 0 bridgehead atoms. The molecule has 4 nitrogen and oxygen atoms in total. The Labute approximate surface area is 110 Å². The molecule has 1 saturated heterocycles. The first kappa shape index (κ1) is 13.4. The Hall–Kier alpha value is -1.00. The third-order valence-electron chi connectivity index (χ3n) is 3.57. The fraction of sp³-hybridized carbons (Fsp3) is 0.714. The molecule has 2 rings (SSSR count). The Morgan fingerprint density at radius 1 is 1.11 bits per heavy atom. The second kappa shape index (κ2) is 6.25. The van der Waals surface area contributed by atoms with E-state index in [0.29, 0.717) is 6.04 Å². The molecule has 0 unspecified atom stereocenters. The monoisotopic (exact) mass is 248 g/mol. The van der Waals surface area contributed by atoms with E-state index in [1.807, 2.05) is 19.3 Å². The molecule has 0 spiro atoms. The summed E-state index contributed by atoms with van der Waals surface area (Å²) in [4.78, 5) is 13.8. The van der Waals surface area contributed by atoms with Crippen LogP contribution in [-0.4, -0.2) is 52.0 Å². The van der Waals surface area contributed by atoms with Gasteiger partial charge in [0.25, 0.3) is 0 Å². The molecule has 0 amide bonds. The molecule has 1 fully saturated rings. The van der Waals surface area contributed by atoms with Gasteiger partial charge in [0.05, 0.1) is 11.4 Å². The first-order chi connectivity index (χ1) is 8.65. The Bertz CT molecular complexity index is 361. The number of hydrogen-bond acceptors (Lipinski definition) is 4. The van der Waals surface area contributed by atoms with E-state index in [-0.39, 0.29) is 0 Å². The fourth-order valence-electron chi connectivity index (χ4n) is 2.40. The summed E-state index contributed by atoms with van der Waals surface area (Å²) in [7, 11) is 0. The zero-order valence-corrected chi connectivity index (χ0v) is 11.8. The van der Waals surface area contributed by atoms with Crippen LogP contribution in [-0.2, 0) is 6.54 Å². The van der Waals surface area contributed by atoms with Gasteiger partial charge < -0.3 is 0 Å². The second-order valence-corrected chi connectivity index (χ2v) is 5.41. The molecule has 0 radical (unpaired) electrons. The minimum Gasteiger partial charge on any atom is -0.300 e. The molecule has 18 heavy (non-hydrogen) atoms. The van der Waals surface area contributed by atoms with Crippen LogP contribution in [0.1, 0.15) is 31.7 Å². The van der Waals surface area contributed by atoms with Gasteiger partial charge in [-0.1, -0.05) is 0 Å². The van der Waals surface area contributed by atoms with E-state index in [4.69, 9.17) is 0 Å². The third kappa shape index (κ3) is 3.75. The van der Waals surface area contributed by atoms with Crippen molar-refractivity contribution in [1.82, 2.24) is 19.8 Å². The summed E-state index contributed by atoms with van der Waals surface area (Å²) in [6.45, 7) is 12.1. The number of aryl methyl sites for hydroxylation is 1. The van der Waals surface area contributed by atoms with Gasteiger partial charge in [-0.05, 0) is 40.3 Å². The maximum atomic E-state index is 4.44. The lowest BCUT2D eigenvalue weighted by molar-refractivity contribution is 0.217. The van der Waals surface area contributed by atoms with Crippen molar-refractivity contribution in [3.05, 3.63) is 23.8 Å². The molecule has 1 aromatic heterocycles. The highest BCUT2D eigenvalue weighted by molar-refractivity contribution is 5.00. The summed E-state index contributed by atoms with van der Waals surface area (Å²) < 4.78 is 0. The first-order valence-corrected chi connectivity index (χ1v) is 6.89. The lowest BCUT2D eigenvalue weighted by Gasteiger charge is -2.24. The number of hydrogen-bond donors (Lipinski definition) is 0. The topological polar surface area (TPSA) is 32.3 Å². The summed E-state index contributed by atoms with van der Waals surface area (Å²) in [5, 5.41) is 0. The summed E-state index contributed by atoms with van der Waals surface area (Å²) >= 11 is 0. The molecule has 1 aliphatic rings. The molecule has 0 aliphatic carbocycles. The average molecular weight is 248 g/mol. The van der Waals surface area contributed by atoms with Crippen LogP contribution in [0.2, 0.25) is 0 Å². The van der Waals surface area contributed by atoms with E-state index < -0.39 is 0 Å². The maximum absolute atomic E-state index is 4.44. The SMILES string of the molecule is Cc1cnc(CN2CCCN(C(C)C)CC2)cn1. The van der Waals surface area contributed by atoms with E-state index in [0.717, 1.165) is 31.0 Å². The molecule has 1 aliphatic heterocycles. The van der Waals surface area contributed by atoms with E-state index in [1.165, 1.54) is 19.5 Å². The third-order valence-corrected chi connectivity index (χ3v) is 3.57. The standard InChI is InChI=1S/C14H24N4/c1-12(2)18-6-4-5-17(7-8-18)11-14-10-15-13(3)9-16-14/h9-10,12H,4-8,11H2,1-3H3. The summed E-state index contributed by atoms with van der Waals surface area (Å²) in [6.07, 6.45) is 5.01. The van der Waals surface area contributed by atoms with Crippen molar-refractivity contribution in [2.45, 2.75) is 39.8 Å². The lowest BCUT2D eigenvalue weighted by Crippen LogP contribution is -2.35. The van der Waals surface area contributed by atoms with Crippen molar-refractivity contribution >= 4 is 0 Å². The molecule has 0 saturated carbocycles. The predicted molar refractivity (Wildman–Crippen MR) is 73.4 cm³/mol. The molecule has 4 heteroatoms. The second-order valence-electron chi connectivity index (χ2n) is 5.41. The Kier molecular flexibility index (Phi) is 4.66. The Morgan fingerprint density at radius 3 is 2.61 bits per heavy atom. The minimum absolute atomic E-state index is 0.657. The smallest absolute Gasteiger partial charge is 0.0727 e. The van der Waals surface area contributed by atoms with Crippen molar-refractivity contribution in [2.24, 2.45) is 0 Å². The van der Waals surface area contributed by atoms with Gasteiger partial charge in [-0.15, -0.1) is 0 Å². The molecule has 2 heterocycles. The van der Waals surface area contributed by atoms with Gasteiger partial charge in [0, 0.05) is 38.1 Å². The molecular weight excluding hydrogens is 224 g/mol. The number of rotatable bonds is 3.